The number of hydrogen-bond donors (Lipinski definition) is 2. The molecule has 0 aliphatic heterocycles. The van der Waals surface area contributed by atoms with Crippen LogP contribution in [0, 0.1) is 0 Å². The second-order valence-corrected chi connectivity index (χ2v) is 5.50. The maximum absolute atomic E-state index is 11.5. The van der Waals surface area contributed by atoms with E-state index in [-0.39, 0.29) is 11.5 Å². The van der Waals surface area contributed by atoms with Crippen LogP contribution in [0.2, 0.25) is 0 Å². The van der Waals surface area contributed by atoms with Crippen LogP contribution in [0.25, 0.3) is 0 Å². The monoisotopic (exact) mass is 283 g/mol. The zero-order valence-electron chi connectivity index (χ0n) is 9.08. The molecule has 2 heterocycles. The normalized spacial score (nSPS) is 10.2. The van der Waals surface area contributed by atoms with Gasteiger partial charge >= 0.3 is 0 Å². The second kappa shape index (κ2) is 5.69. The summed E-state index contributed by atoms with van der Waals surface area (Å²) in [6.45, 7) is 0. The number of thiazole rings is 1. The molecule has 0 atom stereocenters. The van der Waals surface area contributed by atoms with Gasteiger partial charge in [-0.15, -0.1) is 11.8 Å². The highest BCUT2D eigenvalue weighted by atomic mass is 32.2. The number of thioether (sulfide) groups is 1. The summed E-state index contributed by atoms with van der Waals surface area (Å²) in [6.07, 6.45) is 2.96. The highest BCUT2D eigenvalue weighted by Crippen LogP contribution is 2.25. The molecule has 94 valence electrons. The van der Waals surface area contributed by atoms with Crippen LogP contribution >= 0.6 is 23.1 Å². The Morgan fingerprint density at radius 1 is 1.56 bits per heavy atom. The third-order valence-corrected chi connectivity index (χ3v) is 3.87. The van der Waals surface area contributed by atoms with Crippen molar-refractivity contribution in [1.29, 1.82) is 0 Å². The Kier molecular flexibility index (Phi) is 4.00. The summed E-state index contributed by atoms with van der Waals surface area (Å²) < 4.78 is 5.69. The predicted molar refractivity (Wildman–Crippen MR) is 68.4 cm³/mol. The minimum atomic E-state index is -0.547. The van der Waals surface area contributed by atoms with Crippen LogP contribution in [0.3, 0.4) is 0 Å². The Hall–Kier alpha value is -1.80. The molecule has 2 aromatic rings. The number of carbonyl (C=O) groups is 2. The quantitative estimate of drug-likeness (QED) is 0.822. The van der Waals surface area contributed by atoms with Crippen molar-refractivity contribution in [3.63, 3.8) is 0 Å². The van der Waals surface area contributed by atoms with E-state index in [0.29, 0.717) is 5.13 Å². The zero-order chi connectivity index (χ0) is 13.0. The number of nitrogens with one attached hydrogen (secondary N) is 1. The molecule has 6 nitrogen and oxygen atoms in total. The number of imide groups is 1. The van der Waals surface area contributed by atoms with Crippen LogP contribution in [0.15, 0.2) is 33.2 Å². The lowest BCUT2D eigenvalue weighted by molar-refractivity contribution is -0.117. The average Bonchev–Trinajstić information content (AvgIpc) is 2.97. The van der Waals surface area contributed by atoms with E-state index in [0.717, 1.165) is 4.21 Å². The highest BCUT2D eigenvalue weighted by molar-refractivity contribution is 8.01. The fourth-order valence-corrected chi connectivity index (χ4v) is 2.67. The lowest BCUT2D eigenvalue weighted by atomic mass is 10.4. The van der Waals surface area contributed by atoms with Crippen molar-refractivity contribution in [2.24, 2.45) is 0 Å². The molecule has 0 aliphatic rings. The molecule has 2 rings (SSSR count). The van der Waals surface area contributed by atoms with Gasteiger partial charge in [-0.2, -0.15) is 0 Å². The molecule has 0 aliphatic carbocycles. The third kappa shape index (κ3) is 3.34. The molecular weight excluding hydrogens is 274 g/mol. The Bertz CT molecular complexity index is 550. The molecular formula is C10H9N3O3S2. The molecule has 2 aromatic heterocycles. The molecule has 0 radical (unpaired) electrons. The van der Waals surface area contributed by atoms with Gasteiger partial charge in [0.2, 0.25) is 5.91 Å². The lowest BCUT2D eigenvalue weighted by Crippen LogP contribution is -2.31. The van der Waals surface area contributed by atoms with Crippen LogP contribution in [-0.4, -0.2) is 22.6 Å². The minimum Gasteiger partial charge on any atom is -0.459 e. The predicted octanol–water partition coefficient (Wildman–Crippen LogP) is 1.37. The van der Waals surface area contributed by atoms with Crippen LogP contribution < -0.4 is 11.1 Å². The van der Waals surface area contributed by atoms with E-state index in [4.69, 9.17) is 10.2 Å². The standard InChI is InChI=1S/C10H9N3O3S2/c11-10-12-4-8(18-10)17-5-7(14)13-9(15)6-2-1-3-16-6/h1-4H,5H2,(H2,11,12)(H,13,14,15). The maximum Gasteiger partial charge on any atom is 0.293 e. The van der Waals surface area contributed by atoms with E-state index in [1.807, 2.05) is 0 Å². The Morgan fingerprint density at radius 3 is 3.00 bits per heavy atom. The molecule has 0 unspecified atom stereocenters. The van der Waals surface area contributed by atoms with Crippen molar-refractivity contribution in [2.75, 3.05) is 11.5 Å². The van der Waals surface area contributed by atoms with Crippen LogP contribution in [-0.2, 0) is 4.79 Å². The van der Waals surface area contributed by atoms with Gasteiger partial charge in [0, 0.05) is 0 Å². The molecule has 0 spiro atoms. The molecule has 18 heavy (non-hydrogen) atoms. The number of carbonyl (C=O) groups excluding carboxylic acids is 2. The van der Waals surface area contributed by atoms with Crippen LogP contribution in [0.5, 0.6) is 0 Å². The van der Waals surface area contributed by atoms with Gasteiger partial charge in [0.1, 0.15) is 0 Å². The molecule has 0 fully saturated rings. The number of nitrogens with zero attached hydrogens (tertiary/aromatic N) is 1. The largest absolute Gasteiger partial charge is 0.459 e. The van der Waals surface area contributed by atoms with Gasteiger partial charge in [0.15, 0.2) is 10.9 Å². The van der Waals surface area contributed by atoms with Gasteiger partial charge in [-0.25, -0.2) is 4.98 Å². The van der Waals surface area contributed by atoms with Gasteiger partial charge in [0.25, 0.3) is 5.91 Å². The van der Waals surface area contributed by atoms with Gasteiger partial charge in [-0.3, -0.25) is 14.9 Å². The Morgan fingerprint density at radius 2 is 2.39 bits per heavy atom. The molecule has 2 amide bonds. The van der Waals surface area contributed by atoms with Crippen molar-refractivity contribution < 1.29 is 14.0 Å². The van der Waals surface area contributed by atoms with Crippen molar-refractivity contribution >= 4 is 40.0 Å². The Labute approximate surface area is 111 Å². The van der Waals surface area contributed by atoms with E-state index < -0.39 is 11.8 Å². The zero-order valence-corrected chi connectivity index (χ0v) is 10.7. The van der Waals surface area contributed by atoms with Gasteiger partial charge in [-0.05, 0) is 12.1 Å². The number of nitrogens with two attached hydrogens (primary N) is 1. The van der Waals surface area contributed by atoms with Crippen LogP contribution in [0.4, 0.5) is 5.13 Å². The summed E-state index contributed by atoms with van der Waals surface area (Å²) in [5, 5.41) is 2.67. The van der Waals surface area contributed by atoms with E-state index >= 15 is 0 Å². The smallest absolute Gasteiger partial charge is 0.293 e. The number of nitrogen functional groups attached to an aromatic ring is 1. The topological polar surface area (TPSA) is 98.2 Å². The first-order valence-electron chi connectivity index (χ1n) is 4.87. The molecule has 0 saturated heterocycles. The number of anilines is 1. The third-order valence-electron chi connectivity index (χ3n) is 1.85. The first-order valence-corrected chi connectivity index (χ1v) is 6.67. The fourth-order valence-electron chi connectivity index (χ4n) is 1.11. The van der Waals surface area contributed by atoms with Crippen LogP contribution in [0.1, 0.15) is 10.6 Å². The van der Waals surface area contributed by atoms with Gasteiger partial charge < -0.3 is 10.2 Å². The first kappa shape index (κ1) is 12.7. The fraction of sp³-hybridized carbons (Fsp3) is 0.100. The molecule has 8 heteroatoms. The van der Waals surface area contributed by atoms with Crippen molar-refractivity contribution in [3.8, 4) is 0 Å². The van der Waals surface area contributed by atoms with Gasteiger partial charge in [0.05, 0.1) is 22.4 Å². The minimum absolute atomic E-state index is 0.107. The van der Waals surface area contributed by atoms with Gasteiger partial charge in [-0.1, -0.05) is 11.3 Å². The summed E-state index contributed by atoms with van der Waals surface area (Å²) in [4.78, 5) is 26.8. The summed E-state index contributed by atoms with van der Waals surface area (Å²) >= 11 is 2.56. The summed E-state index contributed by atoms with van der Waals surface area (Å²) in [5.41, 5.74) is 5.46. The van der Waals surface area contributed by atoms with Crippen molar-refractivity contribution in [1.82, 2.24) is 10.3 Å². The highest BCUT2D eigenvalue weighted by Gasteiger charge is 2.13. The van der Waals surface area contributed by atoms with E-state index in [9.17, 15) is 9.59 Å². The lowest BCUT2D eigenvalue weighted by Gasteiger charge is -2.00. The van der Waals surface area contributed by atoms with Crippen molar-refractivity contribution in [3.05, 3.63) is 30.4 Å². The number of amides is 2. The first-order chi connectivity index (χ1) is 8.65. The molecule has 3 N–H and O–H groups in total. The summed E-state index contributed by atoms with van der Waals surface area (Å²) in [5.74, 6) is -0.716. The van der Waals surface area contributed by atoms with E-state index in [2.05, 4.69) is 10.3 Å². The molecule has 0 aromatic carbocycles. The summed E-state index contributed by atoms with van der Waals surface area (Å²) in [6, 6.07) is 3.06. The number of aromatic nitrogens is 1. The van der Waals surface area contributed by atoms with E-state index in [1.54, 1.807) is 12.3 Å². The second-order valence-electron chi connectivity index (χ2n) is 3.16. The number of hydrogen-bond acceptors (Lipinski definition) is 7. The summed E-state index contributed by atoms with van der Waals surface area (Å²) in [7, 11) is 0. The molecule has 0 saturated carbocycles. The average molecular weight is 283 g/mol. The van der Waals surface area contributed by atoms with E-state index in [1.165, 1.54) is 35.4 Å². The number of furan rings is 1. The number of rotatable bonds is 4. The van der Waals surface area contributed by atoms with Crippen molar-refractivity contribution in [2.45, 2.75) is 4.21 Å². The molecule has 0 bridgehead atoms. The Balaban J connectivity index is 1.80. The SMILES string of the molecule is Nc1ncc(SCC(=O)NC(=O)c2ccco2)s1. The maximum atomic E-state index is 11.5.